The van der Waals surface area contributed by atoms with E-state index in [-0.39, 0.29) is 5.75 Å². The zero-order valence-corrected chi connectivity index (χ0v) is 11.9. The van der Waals surface area contributed by atoms with Crippen LogP contribution in [-0.2, 0) is 0 Å². The first-order chi connectivity index (χ1) is 10.1. The number of nitrogens with zero attached hydrogens (tertiary/aromatic N) is 3. The fourth-order valence-corrected chi connectivity index (χ4v) is 2.12. The molecule has 2 N–H and O–H groups in total. The van der Waals surface area contributed by atoms with Crippen molar-refractivity contribution >= 4 is 11.6 Å². The summed E-state index contributed by atoms with van der Waals surface area (Å²) in [4.78, 5) is 4.25. The summed E-state index contributed by atoms with van der Waals surface area (Å²) < 4.78 is 1.70. The van der Waals surface area contributed by atoms with Crippen LogP contribution in [0.3, 0.4) is 0 Å². The summed E-state index contributed by atoms with van der Waals surface area (Å²) in [7, 11) is 0. The maximum Gasteiger partial charge on any atom is 0.246 e. The Morgan fingerprint density at radius 1 is 1.10 bits per heavy atom. The van der Waals surface area contributed by atoms with E-state index in [4.69, 9.17) is 0 Å². The molecule has 0 spiro atoms. The average molecular weight is 280 g/mol. The lowest BCUT2D eigenvalue weighted by Gasteiger charge is -2.09. The first-order valence-corrected chi connectivity index (χ1v) is 6.68. The molecule has 1 aromatic heterocycles. The Balaban J connectivity index is 1.89. The molecule has 2 aromatic carbocycles. The number of anilines is 2. The van der Waals surface area contributed by atoms with Gasteiger partial charge in [-0.25, -0.2) is 4.68 Å². The van der Waals surface area contributed by atoms with Gasteiger partial charge in [-0.2, -0.15) is 4.98 Å². The van der Waals surface area contributed by atoms with E-state index in [0.717, 1.165) is 22.5 Å². The van der Waals surface area contributed by atoms with Gasteiger partial charge in [-0.3, -0.25) is 0 Å². The smallest absolute Gasteiger partial charge is 0.246 e. The van der Waals surface area contributed by atoms with Crippen molar-refractivity contribution in [3.8, 4) is 11.4 Å². The van der Waals surface area contributed by atoms with E-state index in [2.05, 4.69) is 15.4 Å². The van der Waals surface area contributed by atoms with Gasteiger partial charge in [-0.1, -0.05) is 18.2 Å². The van der Waals surface area contributed by atoms with Gasteiger partial charge in [0.2, 0.25) is 5.95 Å². The molecular formula is C16H16N4O. The molecule has 0 radical (unpaired) electrons. The van der Waals surface area contributed by atoms with Gasteiger partial charge in [0.05, 0.1) is 5.69 Å². The second-order valence-electron chi connectivity index (χ2n) is 4.91. The van der Waals surface area contributed by atoms with Crippen LogP contribution in [-0.4, -0.2) is 19.9 Å². The van der Waals surface area contributed by atoms with E-state index in [1.165, 1.54) is 0 Å². The van der Waals surface area contributed by atoms with Gasteiger partial charge < -0.3 is 10.4 Å². The first kappa shape index (κ1) is 13.2. The van der Waals surface area contributed by atoms with E-state index in [1.807, 2.05) is 44.2 Å². The van der Waals surface area contributed by atoms with E-state index in [1.54, 1.807) is 23.1 Å². The normalized spacial score (nSPS) is 10.6. The van der Waals surface area contributed by atoms with Gasteiger partial charge in [0.25, 0.3) is 0 Å². The third kappa shape index (κ3) is 2.72. The Labute approximate surface area is 122 Å². The van der Waals surface area contributed by atoms with Crippen molar-refractivity contribution in [3.05, 3.63) is 59.9 Å². The van der Waals surface area contributed by atoms with Gasteiger partial charge in [0, 0.05) is 11.8 Å². The van der Waals surface area contributed by atoms with Crippen LogP contribution in [0, 0.1) is 13.8 Å². The minimum atomic E-state index is 0.225. The maximum atomic E-state index is 9.69. The molecule has 0 saturated heterocycles. The van der Waals surface area contributed by atoms with Crippen LogP contribution in [0.4, 0.5) is 11.6 Å². The molecule has 0 unspecified atom stereocenters. The van der Waals surface area contributed by atoms with E-state index in [9.17, 15) is 5.11 Å². The van der Waals surface area contributed by atoms with E-state index >= 15 is 0 Å². The number of benzene rings is 2. The van der Waals surface area contributed by atoms with Crippen LogP contribution < -0.4 is 5.32 Å². The molecule has 3 rings (SSSR count). The highest BCUT2D eigenvalue weighted by Crippen LogP contribution is 2.26. The summed E-state index contributed by atoms with van der Waals surface area (Å²) in [6.07, 6.45) is 1.66. The lowest BCUT2D eigenvalue weighted by molar-refractivity contribution is 0.475. The molecule has 0 saturated carbocycles. The first-order valence-electron chi connectivity index (χ1n) is 6.68. The van der Waals surface area contributed by atoms with Crippen molar-refractivity contribution < 1.29 is 5.11 Å². The molecule has 5 nitrogen and oxygen atoms in total. The monoisotopic (exact) mass is 280 g/mol. The number of aromatic nitrogens is 3. The highest BCUT2D eigenvalue weighted by Gasteiger charge is 2.07. The van der Waals surface area contributed by atoms with E-state index < -0.39 is 0 Å². The minimum absolute atomic E-state index is 0.225. The molecule has 0 bridgehead atoms. The van der Waals surface area contributed by atoms with Crippen molar-refractivity contribution in [2.45, 2.75) is 13.8 Å². The number of rotatable bonds is 3. The molecule has 0 aliphatic heterocycles. The number of para-hydroxylation sites is 1. The zero-order chi connectivity index (χ0) is 14.8. The zero-order valence-electron chi connectivity index (χ0n) is 11.9. The summed E-state index contributed by atoms with van der Waals surface area (Å²) in [6.45, 7) is 3.95. The molecular weight excluding hydrogens is 264 g/mol. The standard InChI is InChI=1S/C16H16N4O/c1-11-8-14(21)9-15(12(11)2)18-16-17-10-20(19-16)13-6-4-3-5-7-13/h3-10,21H,1-2H3,(H,18,19). The Bertz CT molecular complexity index is 765. The predicted molar refractivity (Wildman–Crippen MR) is 82.2 cm³/mol. The fraction of sp³-hybridized carbons (Fsp3) is 0.125. The minimum Gasteiger partial charge on any atom is -0.508 e. The van der Waals surface area contributed by atoms with Crippen LogP contribution in [0.1, 0.15) is 11.1 Å². The van der Waals surface area contributed by atoms with Crippen molar-refractivity contribution in [1.29, 1.82) is 0 Å². The lowest BCUT2D eigenvalue weighted by atomic mass is 10.1. The number of hydrogen-bond acceptors (Lipinski definition) is 4. The molecule has 106 valence electrons. The van der Waals surface area contributed by atoms with Gasteiger partial charge in [0.15, 0.2) is 0 Å². The highest BCUT2D eigenvalue weighted by atomic mass is 16.3. The second-order valence-corrected chi connectivity index (χ2v) is 4.91. The third-order valence-corrected chi connectivity index (χ3v) is 3.41. The number of aromatic hydroxyl groups is 1. The largest absolute Gasteiger partial charge is 0.508 e. The number of phenolic OH excluding ortho intramolecular Hbond substituents is 1. The Kier molecular flexibility index (Phi) is 3.31. The Morgan fingerprint density at radius 2 is 1.86 bits per heavy atom. The molecule has 21 heavy (non-hydrogen) atoms. The molecule has 0 aliphatic rings. The molecule has 0 atom stereocenters. The van der Waals surface area contributed by atoms with Crippen LogP contribution in [0.15, 0.2) is 48.8 Å². The summed E-state index contributed by atoms with van der Waals surface area (Å²) in [5.74, 6) is 0.718. The second kappa shape index (κ2) is 5.28. The molecule has 0 aliphatic carbocycles. The molecule has 0 amide bonds. The molecule has 5 heteroatoms. The topological polar surface area (TPSA) is 63.0 Å². The molecule has 3 aromatic rings. The Morgan fingerprint density at radius 3 is 2.62 bits per heavy atom. The maximum absolute atomic E-state index is 9.69. The van der Waals surface area contributed by atoms with E-state index in [0.29, 0.717) is 5.95 Å². The quantitative estimate of drug-likeness (QED) is 0.772. The number of nitrogens with one attached hydrogen (secondary N) is 1. The predicted octanol–water partition coefficient (Wildman–Crippen LogP) is 3.33. The average Bonchev–Trinajstić information content (AvgIpc) is 2.94. The highest BCUT2D eigenvalue weighted by molar-refractivity contribution is 5.62. The SMILES string of the molecule is Cc1cc(O)cc(Nc2ncn(-c3ccccc3)n2)c1C. The van der Waals surface area contributed by atoms with Crippen LogP contribution in [0.25, 0.3) is 5.69 Å². The lowest BCUT2D eigenvalue weighted by Crippen LogP contribution is -1.99. The van der Waals surface area contributed by atoms with Crippen LogP contribution >= 0.6 is 0 Å². The summed E-state index contributed by atoms with van der Waals surface area (Å²) >= 11 is 0. The van der Waals surface area contributed by atoms with Gasteiger partial charge in [0.1, 0.15) is 12.1 Å². The van der Waals surface area contributed by atoms with Crippen molar-refractivity contribution in [2.75, 3.05) is 5.32 Å². The summed E-state index contributed by atoms with van der Waals surface area (Å²) in [6, 6.07) is 13.2. The number of phenols is 1. The van der Waals surface area contributed by atoms with Gasteiger partial charge in [-0.05, 0) is 43.2 Å². The number of hydrogen-bond donors (Lipinski definition) is 2. The van der Waals surface area contributed by atoms with Crippen molar-refractivity contribution in [3.63, 3.8) is 0 Å². The van der Waals surface area contributed by atoms with Crippen molar-refractivity contribution in [1.82, 2.24) is 14.8 Å². The van der Waals surface area contributed by atoms with Crippen LogP contribution in [0.2, 0.25) is 0 Å². The Hall–Kier alpha value is -2.82. The third-order valence-electron chi connectivity index (χ3n) is 3.41. The summed E-state index contributed by atoms with van der Waals surface area (Å²) in [5.41, 5.74) is 3.82. The fourth-order valence-electron chi connectivity index (χ4n) is 2.12. The van der Waals surface area contributed by atoms with Crippen LogP contribution in [0.5, 0.6) is 5.75 Å². The van der Waals surface area contributed by atoms with Gasteiger partial charge >= 0.3 is 0 Å². The number of aryl methyl sites for hydroxylation is 1. The molecule has 1 heterocycles. The summed E-state index contributed by atoms with van der Waals surface area (Å²) in [5, 5.41) is 17.2. The van der Waals surface area contributed by atoms with Crippen molar-refractivity contribution in [2.24, 2.45) is 0 Å². The van der Waals surface area contributed by atoms with Gasteiger partial charge in [-0.15, -0.1) is 5.10 Å². The molecule has 0 fully saturated rings.